The minimum Gasteiger partial charge on any atom is -0.492 e. The zero-order valence-corrected chi connectivity index (χ0v) is 16.8. The molecule has 0 saturated carbocycles. The number of thiophene rings is 1. The number of hydrogen-bond donors (Lipinski definition) is 0. The summed E-state index contributed by atoms with van der Waals surface area (Å²) in [7, 11) is 1.93. The fourth-order valence-electron chi connectivity index (χ4n) is 3.61. The second kappa shape index (κ2) is 7.23. The number of rotatable bonds is 4. The Kier molecular flexibility index (Phi) is 4.78. The summed E-state index contributed by atoms with van der Waals surface area (Å²) in [5.41, 5.74) is 2.08. The van der Waals surface area contributed by atoms with E-state index in [0.717, 1.165) is 45.3 Å². The lowest BCUT2D eigenvalue weighted by atomic mass is 10.2. The van der Waals surface area contributed by atoms with Gasteiger partial charge in [-0.2, -0.15) is 5.10 Å². The molecule has 0 N–H and O–H groups in total. The van der Waals surface area contributed by atoms with Crippen LogP contribution in [0.5, 0.6) is 5.75 Å². The molecule has 0 aliphatic carbocycles. The molecule has 4 rings (SSSR count). The van der Waals surface area contributed by atoms with Crippen LogP contribution in [0.1, 0.15) is 22.3 Å². The number of amides is 1. The van der Waals surface area contributed by atoms with Crippen molar-refractivity contribution in [3.05, 3.63) is 40.9 Å². The fraction of sp³-hybridized carbons (Fsp3) is 0.400. The van der Waals surface area contributed by atoms with Gasteiger partial charge in [0, 0.05) is 38.6 Å². The molecule has 1 saturated heterocycles. The zero-order chi connectivity index (χ0) is 19.0. The van der Waals surface area contributed by atoms with Gasteiger partial charge >= 0.3 is 0 Å². The van der Waals surface area contributed by atoms with Crippen molar-refractivity contribution in [2.45, 2.75) is 13.8 Å². The summed E-state index contributed by atoms with van der Waals surface area (Å²) >= 11 is 1.53. The Morgan fingerprint density at radius 2 is 1.96 bits per heavy atom. The summed E-state index contributed by atoms with van der Waals surface area (Å²) in [6, 6.07) is 10.1. The third-order valence-corrected chi connectivity index (χ3v) is 6.17. The van der Waals surface area contributed by atoms with E-state index >= 15 is 0 Å². The molecule has 3 heterocycles. The maximum atomic E-state index is 13.0. The Bertz CT molecular complexity index is 935. The second-order valence-electron chi connectivity index (χ2n) is 6.72. The van der Waals surface area contributed by atoms with Gasteiger partial charge in [-0.3, -0.25) is 9.48 Å². The number of anilines is 1. The van der Waals surface area contributed by atoms with Crippen LogP contribution in [0.15, 0.2) is 30.3 Å². The van der Waals surface area contributed by atoms with E-state index in [-0.39, 0.29) is 5.91 Å². The van der Waals surface area contributed by atoms with Crippen molar-refractivity contribution in [2.75, 3.05) is 37.7 Å². The van der Waals surface area contributed by atoms with Gasteiger partial charge in [-0.15, -0.1) is 11.3 Å². The quantitative estimate of drug-likeness (QED) is 0.693. The van der Waals surface area contributed by atoms with Crippen molar-refractivity contribution in [1.29, 1.82) is 0 Å². The second-order valence-corrected chi connectivity index (χ2v) is 7.75. The molecule has 6 nitrogen and oxygen atoms in total. The minimum absolute atomic E-state index is 0.119. The molecule has 142 valence electrons. The molecule has 0 bridgehead atoms. The first kappa shape index (κ1) is 17.9. The van der Waals surface area contributed by atoms with Gasteiger partial charge in [0.25, 0.3) is 5.91 Å². The monoisotopic (exact) mass is 384 g/mol. The van der Waals surface area contributed by atoms with E-state index in [1.54, 1.807) is 0 Å². The summed E-state index contributed by atoms with van der Waals surface area (Å²) < 4.78 is 7.61. The number of fused-ring (bicyclic) bond motifs is 1. The largest absolute Gasteiger partial charge is 0.492 e. The van der Waals surface area contributed by atoms with Gasteiger partial charge in [0.1, 0.15) is 10.6 Å². The first-order chi connectivity index (χ1) is 13.1. The normalized spacial score (nSPS) is 14.8. The van der Waals surface area contributed by atoms with Gasteiger partial charge < -0.3 is 14.5 Å². The molecule has 1 amide bonds. The number of piperazine rings is 1. The van der Waals surface area contributed by atoms with Gasteiger partial charge in [-0.25, -0.2) is 0 Å². The molecule has 1 fully saturated rings. The third kappa shape index (κ3) is 3.27. The first-order valence-electron chi connectivity index (χ1n) is 9.27. The van der Waals surface area contributed by atoms with Crippen molar-refractivity contribution in [3.63, 3.8) is 0 Å². The predicted molar refractivity (Wildman–Crippen MR) is 109 cm³/mol. The van der Waals surface area contributed by atoms with Crippen molar-refractivity contribution in [2.24, 2.45) is 7.05 Å². The van der Waals surface area contributed by atoms with Gasteiger partial charge in [-0.1, -0.05) is 12.1 Å². The Hall–Kier alpha value is -2.54. The smallest absolute Gasteiger partial charge is 0.264 e. The van der Waals surface area contributed by atoms with Crippen molar-refractivity contribution < 1.29 is 9.53 Å². The number of carbonyl (C=O) groups is 1. The SMILES string of the molecule is CCOc1ccccc1N1CCN(C(=O)c2cc3c(C)nn(C)c3s2)CC1. The van der Waals surface area contributed by atoms with Crippen LogP contribution >= 0.6 is 11.3 Å². The Morgan fingerprint density at radius 1 is 1.22 bits per heavy atom. The number of carbonyl (C=O) groups excluding carboxylic acids is 1. The molecular weight excluding hydrogens is 360 g/mol. The van der Waals surface area contributed by atoms with Gasteiger partial charge in [-0.05, 0) is 32.0 Å². The van der Waals surface area contributed by atoms with Gasteiger partial charge in [0.05, 0.1) is 22.9 Å². The lowest BCUT2D eigenvalue weighted by molar-refractivity contribution is 0.0751. The maximum absolute atomic E-state index is 13.0. The summed E-state index contributed by atoms with van der Waals surface area (Å²) in [6.07, 6.45) is 0. The van der Waals surface area contributed by atoms with Gasteiger partial charge in [0.2, 0.25) is 0 Å². The van der Waals surface area contributed by atoms with Crippen LogP contribution in [0.2, 0.25) is 0 Å². The average molecular weight is 385 g/mol. The molecule has 0 unspecified atom stereocenters. The highest BCUT2D eigenvalue weighted by molar-refractivity contribution is 7.20. The molecule has 1 aromatic carbocycles. The number of aryl methyl sites for hydroxylation is 2. The van der Waals surface area contributed by atoms with Crippen molar-refractivity contribution in [3.8, 4) is 5.75 Å². The number of nitrogens with zero attached hydrogens (tertiary/aromatic N) is 4. The molecular formula is C20H24N4O2S. The van der Waals surface area contributed by atoms with Gasteiger partial charge in [0.15, 0.2) is 0 Å². The van der Waals surface area contributed by atoms with E-state index < -0.39 is 0 Å². The third-order valence-electron chi connectivity index (χ3n) is 4.98. The Morgan fingerprint density at radius 3 is 2.67 bits per heavy atom. The minimum atomic E-state index is 0.119. The first-order valence-corrected chi connectivity index (χ1v) is 10.1. The molecule has 3 aromatic rings. The van der Waals surface area contributed by atoms with Crippen LogP contribution in [0.25, 0.3) is 10.2 Å². The Balaban J connectivity index is 1.47. The van der Waals surface area contributed by atoms with Crippen LogP contribution in [-0.2, 0) is 7.05 Å². The molecule has 27 heavy (non-hydrogen) atoms. The average Bonchev–Trinajstić information content (AvgIpc) is 3.24. The molecule has 7 heteroatoms. The molecule has 0 spiro atoms. The van der Waals surface area contributed by atoms with Crippen LogP contribution in [0.4, 0.5) is 5.69 Å². The van der Waals surface area contributed by atoms with Crippen LogP contribution < -0.4 is 9.64 Å². The molecule has 2 aromatic heterocycles. The maximum Gasteiger partial charge on any atom is 0.264 e. The van der Waals surface area contributed by atoms with E-state index in [1.165, 1.54) is 11.3 Å². The molecule has 0 atom stereocenters. The van der Waals surface area contributed by atoms with Crippen molar-refractivity contribution in [1.82, 2.24) is 14.7 Å². The van der Waals surface area contributed by atoms with E-state index in [0.29, 0.717) is 19.7 Å². The van der Waals surface area contributed by atoms with E-state index in [1.807, 2.05) is 54.7 Å². The highest BCUT2D eigenvalue weighted by Gasteiger charge is 2.25. The zero-order valence-electron chi connectivity index (χ0n) is 15.9. The standard InChI is InChI=1S/C20H24N4O2S/c1-4-26-17-8-6-5-7-16(17)23-9-11-24(12-10-23)19(25)18-13-15-14(2)21-22(3)20(15)27-18/h5-8,13H,4,9-12H2,1-3H3. The topological polar surface area (TPSA) is 50.6 Å². The van der Waals surface area contributed by atoms with E-state index in [2.05, 4.69) is 16.1 Å². The van der Waals surface area contributed by atoms with Crippen LogP contribution in [0, 0.1) is 6.92 Å². The summed E-state index contributed by atoms with van der Waals surface area (Å²) in [5.74, 6) is 1.03. The molecule has 0 radical (unpaired) electrons. The fourth-order valence-corrected chi connectivity index (χ4v) is 4.70. The number of para-hydroxylation sites is 2. The predicted octanol–water partition coefficient (Wildman–Crippen LogP) is 3.30. The summed E-state index contributed by atoms with van der Waals surface area (Å²) in [6.45, 7) is 7.67. The highest BCUT2D eigenvalue weighted by atomic mass is 32.1. The molecule has 1 aliphatic rings. The van der Waals surface area contributed by atoms with Crippen molar-refractivity contribution >= 4 is 33.1 Å². The van der Waals surface area contributed by atoms with Crippen LogP contribution in [-0.4, -0.2) is 53.4 Å². The highest BCUT2D eigenvalue weighted by Crippen LogP contribution is 2.31. The number of hydrogen-bond acceptors (Lipinski definition) is 5. The summed E-state index contributed by atoms with van der Waals surface area (Å²) in [4.78, 5) is 19.1. The van der Waals surface area contributed by atoms with E-state index in [9.17, 15) is 4.79 Å². The lowest BCUT2D eigenvalue weighted by Crippen LogP contribution is -2.48. The lowest BCUT2D eigenvalue weighted by Gasteiger charge is -2.36. The number of ether oxygens (including phenoxy) is 1. The summed E-state index contributed by atoms with van der Waals surface area (Å²) in [5, 5.41) is 5.49. The number of aromatic nitrogens is 2. The number of benzene rings is 1. The van der Waals surface area contributed by atoms with E-state index in [4.69, 9.17) is 4.74 Å². The Labute approximate surface area is 162 Å². The molecule has 1 aliphatic heterocycles. The van der Waals surface area contributed by atoms with Crippen LogP contribution in [0.3, 0.4) is 0 Å².